The SMILES string of the molecule is CC(C)c1cc(-c2ccc(N(c3ccc(C(C)(C)C)cc3)c3ccc(C(C)(C)C)cc3)cc2Br)cc(C(C)C)c1. The highest BCUT2D eigenvalue weighted by Gasteiger charge is 2.19. The molecule has 0 aliphatic heterocycles. The predicted octanol–water partition coefficient (Wildman–Crippen LogP) is 12.4. The van der Waals surface area contributed by atoms with E-state index in [1.165, 1.54) is 33.4 Å². The summed E-state index contributed by atoms with van der Waals surface area (Å²) in [5, 5.41) is 0. The van der Waals surface area contributed by atoms with Crippen molar-refractivity contribution < 1.29 is 0 Å². The Morgan fingerprint density at radius 3 is 1.27 bits per heavy atom. The van der Waals surface area contributed by atoms with Gasteiger partial charge in [-0.1, -0.05) is 134 Å². The number of anilines is 3. The summed E-state index contributed by atoms with van der Waals surface area (Å²) in [7, 11) is 0. The van der Waals surface area contributed by atoms with Crippen LogP contribution >= 0.6 is 15.9 Å². The second-order valence-corrected chi connectivity index (χ2v) is 14.6. The molecule has 0 aliphatic carbocycles. The normalized spacial score (nSPS) is 12.3. The number of rotatable bonds is 6. The highest BCUT2D eigenvalue weighted by molar-refractivity contribution is 9.10. The second-order valence-electron chi connectivity index (χ2n) is 13.8. The summed E-state index contributed by atoms with van der Waals surface area (Å²) < 4.78 is 1.10. The molecule has 0 bridgehead atoms. The van der Waals surface area contributed by atoms with Crippen molar-refractivity contribution in [2.45, 2.75) is 91.9 Å². The molecule has 0 unspecified atom stereocenters. The van der Waals surface area contributed by atoms with Gasteiger partial charge < -0.3 is 4.90 Å². The van der Waals surface area contributed by atoms with Crippen molar-refractivity contribution in [3.8, 4) is 11.1 Å². The van der Waals surface area contributed by atoms with Crippen molar-refractivity contribution in [1.29, 1.82) is 0 Å². The molecule has 0 N–H and O–H groups in total. The van der Waals surface area contributed by atoms with E-state index in [4.69, 9.17) is 0 Å². The Bertz CT molecular complexity index is 1360. The molecule has 2 heteroatoms. The van der Waals surface area contributed by atoms with E-state index >= 15 is 0 Å². The number of benzene rings is 4. The van der Waals surface area contributed by atoms with E-state index in [0.717, 1.165) is 21.5 Å². The summed E-state index contributed by atoms with van der Waals surface area (Å²) in [4.78, 5) is 2.36. The van der Waals surface area contributed by atoms with Crippen molar-refractivity contribution in [2.75, 3.05) is 4.90 Å². The molecule has 0 fully saturated rings. The zero-order valence-electron chi connectivity index (χ0n) is 26.1. The fourth-order valence-electron chi connectivity index (χ4n) is 5.04. The summed E-state index contributed by atoms with van der Waals surface area (Å²) in [6, 6.07) is 31.9. The summed E-state index contributed by atoms with van der Waals surface area (Å²) in [5.41, 5.74) is 11.6. The maximum absolute atomic E-state index is 3.97. The number of nitrogens with zero attached hydrogens (tertiary/aromatic N) is 1. The zero-order chi connectivity index (χ0) is 29.4. The molecular weight excluding hydrogens is 550 g/mol. The van der Waals surface area contributed by atoms with Gasteiger partial charge in [-0.2, -0.15) is 0 Å². The van der Waals surface area contributed by atoms with Gasteiger partial charge >= 0.3 is 0 Å². The van der Waals surface area contributed by atoms with E-state index in [1.807, 2.05) is 0 Å². The third kappa shape index (κ3) is 6.72. The topological polar surface area (TPSA) is 3.24 Å². The van der Waals surface area contributed by atoms with Crippen molar-refractivity contribution in [3.63, 3.8) is 0 Å². The van der Waals surface area contributed by atoms with Gasteiger partial charge in [0.05, 0.1) is 0 Å². The van der Waals surface area contributed by atoms with E-state index in [-0.39, 0.29) is 10.8 Å². The molecule has 0 saturated heterocycles. The minimum atomic E-state index is 0.113. The Hall–Kier alpha value is -2.84. The Morgan fingerprint density at radius 1 is 0.525 bits per heavy atom. The van der Waals surface area contributed by atoms with Crippen LogP contribution < -0.4 is 4.90 Å². The molecule has 0 saturated carbocycles. The Labute approximate surface area is 251 Å². The molecule has 4 aromatic carbocycles. The largest absolute Gasteiger partial charge is 0.310 e. The maximum atomic E-state index is 3.97. The number of halogens is 1. The third-order valence-corrected chi connectivity index (χ3v) is 8.47. The summed E-state index contributed by atoms with van der Waals surface area (Å²) in [6.45, 7) is 22.7. The van der Waals surface area contributed by atoms with E-state index in [1.54, 1.807) is 0 Å². The molecule has 0 aliphatic rings. The van der Waals surface area contributed by atoms with Crippen LogP contribution in [0.25, 0.3) is 11.1 Å². The molecule has 0 radical (unpaired) electrons. The second kappa shape index (κ2) is 11.6. The minimum absolute atomic E-state index is 0.113. The number of hydrogen-bond donors (Lipinski definition) is 0. The highest BCUT2D eigenvalue weighted by atomic mass is 79.9. The van der Waals surface area contributed by atoms with Crippen LogP contribution in [0.2, 0.25) is 0 Å². The zero-order valence-corrected chi connectivity index (χ0v) is 27.6. The standard InChI is InChI=1S/C38H46BrN/c1-25(2)27-21-28(26(3)4)23-29(22-27)35-20-19-34(24-36(35)39)40(32-15-11-30(12-16-32)37(5,6)7)33-17-13-31(14-18-33)38(8,9)10/h11-26H,1-10H3. The minimum Gasteiger partial charge on any atom is -0.310 e. The van der Waals surface area contributed by atoms with Crippen LogP contribution in [0, 0.1) is 0 Å². The molecule has 40 heavy (non-hydrogen) atoms. The van der Waals surface area contributed by atoms with Gasteiger partial charge in [-0.25, -0.2) is 0 Å². The maximum Gasteiger partial charge on any atom is 0.0473 e. The smallest absolute Gasteiger partial charge is 0.0473 e. The van der Waals surface area contributed by atoms with E-state index in [0.29, 0.717) is 11.8 Å². The van der Waals surface area contributed by atoms with Crippen molar-refractivity contribution in [1.82, 2.24) is 0 Å². The van der Waals surface area contributed by atoms with Crippen LogP contribution in [0.1, 0.15) is 103 Å². The molecule has 0 spiro atoms. The summed E-state index contributed by atoms with van der Waals surface area (Å²) >= 11 is 3.97. The van der Waals surface area contributed by atoms with E-state index < -0.39 is 0 Å². The highest BCUT2D eigenvalue weighted by Crippen LogP contribution is 2.41. The number of hydrogen-bond acceptors (Lipinski definition) is 1. The average Bonchev–Trinajstić information content (AvgIpc) is 2.88. The Balaban J connectivity index is 1.83. The van der Waals surface area contributed by atoms with Gasteiger partial charge in [0, 0.05) is 21.5 Å². The van der Waals surface area contributed by atoms with Crippen molar-refractivity contribution >= 4 is 33.0 Å². The van der Waals surface area contributed by atoms with Crippen LogP contribution in [-0.2, 0) is 10.8 Å². The van der Waals surface area contributed by atoms with Crippen LogP contribution in [0.15, 0.2) is 89.4 Å². The fourth-order valence-corrected chi connectivity index (χ4v) is 5.64. The van der Waals surface area contributed by atoms with Gasteiger partial charge in [0.15, 0.2) is 0 Å². The van der Waals surface area contributed by atoms with Gasteiger partial charge in [-0.05, 0) is 92.4 Å². The fraction of sp³-hybridized carbons (Fsp3) is 0.368. The van der Waals surface area contributed by atoms with Crippen LogP contribution in [-0.4, -0.2) is 0 Å². The first kappa shape index (κ1) is 30.1. The lowest BCUT2D eigenvalue weighted by atomic mass is 9.86. The molecule has 0 aromatic heterocycles. The lowest BCUT2D eigenvalue weighted by Crippen LogP contribution is -2.14. The van der Waals surface area contributed by atoms with E-state index in [9.17, 15) is 0 Å². The van der Waals surface area contributed by atoms with Crippen LogP contribution in [0.5, 0.6) is 0 Å². The lowest BCUT2D eigenvalue weighted by molar-refractivity contribution is 0.590. The molecular formula is C38H46BrN. The van der Waals surface area contributed by atoms with Gasteiger partial charge in [0.2, 0.25) is 0 Å². The quantitative estimate of drug-likeness (QED) is 0.214. The van der Waals surface area contributed by atoms with Gasteiger partial charge in [-0.3, -0.25) is 0 Å². The molecule has 0 heterocycles. The van der Waals surface area contributed by atoms with Crippen LogP contribution in [0.4, 0.5) is 17.1 Å². The lowest BCUT2D eigenvalue weighted by Gasteiger charge is -2.28. The first-order valence-corrected chi connectivity index (χ1v) is 15.4. The molecule has 1 nitrogen and oxygen atoms in total. The van der Waals surface area contributed by atoms with Crippen molar-refractivity contribution in [3.05, 3.63) is 112 Å². The Morgan fingerprint density at radius 2 is 0.925 bits per heavy atom. The molecule has 210 valence electrons. The van der Waals surface area contributed by atoms with E-state index in [2.05, 4.69) is 175 Å². The van der Waals surface area contributed by atoms with Gasteiger partial charge in [0.1, 0.15) is 0 Å². The molecule has 4 rings (SSSR count). The predicted molar refractivity (Wildman–Crippen MR) is 180 cm³/mol. The van der Waals surface area contributed by atoms with Crippen molar-refractivity contribution in [2.24, 2.45) is 0 Å². The first-order chi connectivity index (χ1) is 18.6. The first-order valence-electron chi connectivity index (χ1n) is 14.6. The summed E-state index contributed by atoms with van der Waals surface area (Å²) in [5.74, 6) is 0.969. The van der Waals surface area contributed by atoms with Gasteiger partial charge in [0.25, 0.3) is 0 Å². The molecule has 0 amide bonds. The third-order valence-electron chi connectivity index (χ3n) is 7.82. The molecule has 4 aromatic rings. The summed E-state index contributed by atoms with van der Waals surface area (Å²) in [6.07, 6.45) is 0. The van der Waals surface area contributed by atoms with Crippen LogP contribution in [0.3, 0.4) is 0 Å². The molecule has 0 atom stereocenters. The Kier molecular flexibility index (Phi) is 8.71. The monoisotopic (exact) mass is 595 g/mol. The van der Waals surface area contributed by atoms with Gasteiger partial charge in [-0.15, -0.1) is 0 Å². The average molecular weight is 597 g/mol.